The average Bonchev–Trinajstić information content (AvgIpc) is 2.81. The van der Waals surface area contributed by atoms with Crippen LogP contribution in [0.2, 0.25) is 0 Å². The zero-order valence-corrected chi connectivity index (χ0v) is 24.4. The van der Waals surface area contributed by atoms with Gasteiger partial charge in [0, 0.05) is 12.1 Å². The normalized spacial score (nSPS) is 17.0. The molecule has 3 amide bonds. The quantitative estimate of drug-likeness (QED) is 0.424. The fourth-order valence-electron chi connectivity index (χ4n) is 4.96. The van der Waals surface area contributed by atoms with E-state index in [0.29, 0.717) is 6.42 Å². The van der Waals surface area contributed by atoms with Crippen molar-refractivity contribution in [3.8, 4) is 0 Å². The van der Waals surface area contributed by atoms with Crippen molar-refractivity contribution in [2.45, 2.75) is 131 Å². The van der Waals surface area contributed by atoms with Crippen LogP contribution in [0, 0.1) is 19.8 Å². The summed E-state index contributed by atoms with van der Waals surface area (Å²) in [5, 5.41) is 6.09. The van der Waals surface area contributed by atoms with Crippen molar-refractivity contribution in [3.63, 3.8) is 0 Å². The molecule has 3 unspecified atom stereocenters. The van der Waals surface area contributed by atoms with E-state index in [1.165, 1.54) is 6.42 Å². The fourth-order valence-corrected chi connectivity index (χ4v) is 4.96. The second-order valence-corrected chi connectivity index (χ2v) is 12.0. The lowest BCUT2D eigenvalue weighted by atomic mass is 9.91. The molecular weight excluding hydrogens is 466 g/mol. The summed E-state index contributed by atoms with van der Waals surface area (Å²) in [6, 6.07) is 4.23. The highest BCUT2D eigenvalue weighted by molar-refractivity contribution is 5.92. The van der Waals surface area contributed by atoms with Gasteiger partial charge in [0.05, 0.1) is 0 Å². The predicted octanol–water partition coefficient (Wildman–Crippen LogP) is 5.97. The number of ether oxygens (including phenoxy) is 1. The molecule has 208 valence electrons. The molecule has 0 radical (unpaired) electrons. The van der Waals surface area contributed by atoms with Crippen LogP contribution in [-0.2, 0) is 14.3 Å². The van der Waals surface area contributed by atoms with Crippen LogP contribution >= 0.6 is 0 Å². The molecule has 7 nitrogen and oxygen atoms in total. The van der Waals surface area contributed by atoms with Crippen LogP contribution in [0.25, 0.3) is 0 Å². The first kappa shape index (κ1) is 30.7. The summed E-state index contributed by atoms with van der Waals surface area (Å²) in [6.45, 7) is 17.1. The number of benzene rings is 1. The number of hydrogen-bond acceptors (Lipinski definition) is 4. The number of nitrogens with zero attached hydrogens (tertiary/aromatic N) is 1. The monoisotopic (exact) mass is 515 g/mol. The van der Waals surface area contributed by atoms with Gasteiger partial charge in [-0.1, -0.05) is 63.3 Å². The molecule has 1 aliphatic carbocycles. The van der Waals surface area contributed by atoms with E-state index in [4.69, 9.17) is 4.74 Å². The van der Waals surface area contributed by atoms with Crippen LogP contribution in [0.15, 0.2) is 18.2 Å². The molecule has 1 aromatic carbocycles. The zero-order valence-electron chi connectivity index (χ0n) is 24.4. The Morgan fingerprint density at radius 2 is 1.68 bits per heavy atom. The van der Waals surface area contributed by atoms with Crippen LogP contribution < -0.4 is 10.6 Å². The number of carbonyl (C=O) groups excluding carboxylic acids is 3. The summed E-state index contributed by atoms with van der Waals surface area (Å²) in [5.41, 5.74) is 2.10. The SMILES string of the molecule is CCC(C)C(NC(=O)OC(C)(C)C)C(=O)N(C(C)C)C(C(=O)NC1CCCCC1)c1cc(C)ccc1C. The van der Waals surface area contributed by atoms with Crippen molar-refractivity contribution >= 4 is 17.9 Å². The van der Waals surface area contributed by atoms with Gasteiger partial charge in [0.2, 0.25) is 11.8 Å². The third-order valence-electron chi connectivity index (χ3n) is 7.17. The van der Waals surface area contributed by atoms with Gasteiger partial charge >= 0.3 is 6.09 Å². The topological polar surface area (TPSA) is 87.7 Å². The van der Waals surface area contributed by atoms with E-state index in [2.05, 4.69) is 10.6 Å². The highest BCUT2D eigenvalue weighted by Crippen LogP contribution is 2.30. The standard InChI is InChI=1S/C30H49N3O4/c1-10-21(5)25(32-29(36)37-30(7,8)9)28(35)33(19(2)3)26(24-18-20(4)16-17-22(24)6)27(34)31-23-14-12-11-13-15-23/h16-19,21,23,25-26H,10-15H2,1-9H3,(H,31,34)(H,32,36). The minimum atomic E-state index is -0.822. The van der Waals surface area contributed by atoms with E-state index < -0.39 is 23.8 Å². The molecule has 1 aromatic rings. The van der Waals surface area contributed by atoms with E-state index in [9.17, 15) is 14.4 Å². The van der Waals surface area contributed by atoms with E-state index in [-0.39, 0.29) is 29.8 Å². The maximum atomic E-state index is 14.3. The van der Waals surface area contributed by atoms with Crippen molar-refractivity contribution in [2.75, 3.05) is 0 Å². The van der Waals surface area contributed by atoms with Crippen LogP contribution in [0.3, 0.4) is 0 Å². The van der Waals surface area contributed by atoms with E-state index >= 15 is 0 Å². The Morgan fingerprint density at radius 1 is 1.05 bits per heavy atom. The zero-order chi connectivity index (χ0) is 27.9. The van der Waals surface area contributed by atoms with E-state index in [1.54, 1.807) is 25.7 Å². The molecule has 7 heteroatoms. The van der Waals surface area contributed by atoms with Crippen molar-refractivity contribution in [3.05, 3.63) is 34.9 Å². The highest BCUT2D eigenvalue weighted by Gasteiger charge is 2.40. The molecule has 3 atom stereocenters. The minimum absolute atomic E-state index is 0.114. The largest absolute Gasteiger partial charge is 0.444 e. The maximum Gasteiger partial charge on any atom is 0.408 e. The van der Waals surface area contributed by atoms with Crippen molar-refractivity contribution < 1.29 is 19.1 Å². The Morgan fingerprint density at radius 3 is 2.22 bits per heavy atom. The number of amides is 3. The Hall–Kier alpha value is -2.57. The van der Waals surface area contributed by atoms with Crippen molar-refractivity contribution in [1.82, 2.24) is 15.5 Å². The van der Waals surface area contributed by atoms with Gasteiger partial charge in [0.25, 0.3) is 0 Å². The van der Waals surface area contributed by atoms with Crippen LogP contribution in [0.1, 0.15) is 110 Å². The lowest BCUT2D eigenvalue weighted by Crippen LogP contribution is -2.57. The predicted molar refractivity (Wildman–Crippen MR) is 148 cm³/mol. The summed E-state index contributed by atoms with van der Waals surface area (Å²) >= 11 is 0. The first-order valence-corrected chi connectivity index (χ1v) is 13.9. The number of carbonyl (C=O) groups is 3. The third kappa shape index (κ3) is 8.75. The molecule has 0 aromatic heterocycles. The second kappa shape index (κ2) is 13.3. The van der Waals surface area contributed by atoms with Gasteiger partial charge in [-0.25, -0.2) is 4.79 Å². The molecule has 1 fully saturated rings. The minimum Gasteiger partial charge on any atom is -0.444 e. The first-order valence-electron chi connectivity index (χ1n) is 13.9. The molecular formula is C30H49N3O4. The Balaban J connectivity index is 2.52. The van der Waals surface area contributed by atoms with Gasteiger partial charge in [-0.2, -0.15) is 0 Å². The summed E-state index contributed by atoms with van der Waals surface area (Å²) < 4.78 is 5.48. The molecule has 37 heavy (non-hydrogen) atoms. The Bertz CT molecular complexity index is 931. The van der Waals surface area contributed by atoms with Gasteiger partial charge in [-0.15, -0.1) is 0 Å². The van der Waals surface area contributed by atoms with Gasteiger partial charge in [0.15, 0.2) is 0 Å². The number of alkyl carbamates (subject to hydrolysis) is 1. The number of aryl methyl sites for hydroxylation is 2. The molecule has 0 aliphatic heterocycles. The molecule has 1 aliphatic rings. The molecule has 0 saturated heterocycles. The third-order valence-corrected chi connectivity index (χ3v) is 7.17. The van der Waals surface area contributed by atoms with Crippen LogP contribution in [0.5, 0.6) is 0 Å². The van der Waals surface area contributed by atoms with Gasteiger partial charge in [-0.05, 0) is 78.4 Å². The number of nitrogens with one attached hydrogen (secondary N) is 2. The summed E-state index contributed by atoms with van der Waals surface area (Å²) in [5.74, 6) is -0.593. The summed E-state index contributed by atoms with van der Waals surface area (Å²) in [6.07, 6.45) is 5.35. The smallest absolute Gasteiger partial charge is 0.408 e. The van der Waals surface area contributed by atoms with E-state index in [1.807, 2.05) is 59.7 Å². The van der Waals surface area contributed by atoms with Crippen molar-refractivity contribution in [1.29, 1.82) is 0 Å². The number of hydrogen-bond donors (Lipinski definition) is 2. The van der Waals surface area contributed by atoms with Gasteiger partial charge in [0.1, 0.15) is 17.7 Å². The number of rotatable bonds is 9. The molecule has 1 saturated carbocycles. The lowest BCUT2D eigenvalue weighted by molar-refractivity contribution is -0.146. The average molecular weight is 516 g/mol. The molecule has 0 bridgehead atoms. The molecule has 2 N–H and O–H groups in total. The van der Waals surface area contributed by atoms with Gasteiger partial charge in [-0.3, -0.25) is 9.59 Å². The highest BCUT2D eigenvalue weighted by atomic mass is 16.6. The van der Waals surface area contributed by atoms with Crippen LogP contribution in [-0.4, -0.2) is 46.5 Å². The Kier molecular flexibility index (Phi) is 11.0. The Labute approximate surface area is 224 Å². The van der Waals surface area contributed by atoms with Crippen LogP contribution in [0.4, 0.5) is 4.79 Å². The lowest BCUT2D eigenvalue weighted by Gasteiger charge is -2.39. The maximum absolute atomic E-state index is 14.3. The van der Waals surface area contributed by atoms with E-state index in [0.717, 1.165) is 42.4 Å². The fraction of sp³-hybridized carbons (Fsp3) is 0.700. The molecule has 0 heterocycles. The summed E-state index contributed by atoms with van der Waals surface area (Å²) in [7, 11) is 0. The van der Waals surface area contributed by atoms with Gasteiger partial charge < -0.3 is 20.3 Å². The summed E-state index contributed by atoms with van der Waals surface area (Å²) in [4.78, 5) is 42.6. The molecule has 2 rings (SSSR count). The first-order chi connectivity index (χ1) is 17.2. The molecule has 0 spiro atoms. The second-order valence-electron chi connectivity index (χ2n) is 12.0. The van der Waals surface area contributed by atoms with Crippen molar-refractivity contribution in [2.24, 2.45) is 5.92 Å².